The Morgan fingerprint density at radius 3 is 1.75 bits per heavy atom. The zero-order valence-electron chi connectivity index (χ0n) is 9.59. The topological polar surface area (TPSA) is 165 Å². The molecule has 0 bridgehead atoms. The number of nitrogens with zero attached hydrogens (tertiary/aromatic N) is 1. The van der Waals surface area contributed by atoms with Crippen molar-refractivity contribution in [2.75, 3.05) is 26.4 Å². The van der Waals surface area contributed by atoms with E-state index >= 15 is 0 Å². The van der Waals surface area contributed by atoms with Crippen LogP contribution in [0.4, 0.5) is 0 Å². The van der Waals surface area contributed by atoms with Crippen molar-refractivity contribution in [3.8, 4) is 0 Å². The number of aliphatic carboxylic acids is 1. The maximum absolute atomic E-state index is 10.1. The molecule has 0 aliphatic heterocycles. The Hall–Kier alpha value is -1.00. The van der Waals surface area contributed by atoms with Gasteiger partial charge in [0.05, 0.1) is 5.75 Å². The van der Waals surface area contributed by atoms with E-state index in [0.717, 1.165) is 6.08 Å². The van der Waals surface area contributed by atoms with Crippen molar-refractivity contribution in [3.05, 3.63) is 12.7 Å². The molecule has 8 nitrogen and oxygen atoms in total. The third-order valence-electron chi connectivity index (χ3n) is 0.971. The number of carboxylic acids is 1. The quantitative estimate of drug-likeness (QED) is 0.405. The van der Waals surface area contributed by atoms with Gasteiger partial charge in [0.1, 0.15) is 0 Å². The number of carboxylic acid groups (broad SMARTS) is 1. The van der Waals surface area contributed by atoms with Crippen LogP contribution in [0.25, 0.3) is 0 Å². The first-order valence-electron chi connectivity index (χ1n) is 3.64. The van der Waals surface area contributed by atoms with Gasteiger partial charge in [-0.25, -0.2) is 4.79 Å². The molecule has 0 saturated carbocycles. The Morgan fingerprint density at radius 1 is 1.38 bits per heavy atom. The molecule has 0 atom stereocenters. The van der Waals surface area contributed by atoms with E-state index in [1.807, 2.05) is 0 Å². The van der Waals surface area contributed by atoms with Crippen molar-refractivity contribution < 1.29 is 22.9 Å². The van der Waals surface area contributed by atoms with E-state index in [9.17, 15) is 13.2 Å². The summed E-state index contributed by atoms with van der Waals surface area (Å²) in [7, 11) is -0.278. The molecule has 0 amide bonds. The maximum atomic E-state index is 10.1. The van der Waals surface area contributed by atoms with Crippen LogP contribution in [0.1, 0.15) is 0 Å². The standard InChI is InChI=1S/C4H11NO3S.C3H4O2.2H3N/c1-5(2)3-4-9(6,7)8;1-2-3(4)5;;/h3-4H2,1-2H3,(H,6,7,8);2H,1H2,(H,4,5);2*1H3. The average molecular weight is 259 g/mol. The van der Waals surface area contributed by atoms with Gasteiger partial charge in [0, 0.05) is 12.6 Å². The lowest BCUT2D eigenvalue weighted by Gasteiger charge is -2.05. The summed E-state index contributed by atoms with van der Waals surface area (Å²) >= 11 is 0. The normalized spacial score (nSPS) is 9.00. The monoisotopic (exact) mass is 259 g/mol. The maximum Gasteiger partial charge on any atom is 0.327 e. The van der Waals surface area contributed by atoms with Gasteiger partial charge in [-0.1, -0.05) is 6.58 Å². The van der Waals surface area contributed by atoms with Gasteiger partial charge in [-0.15, -0.1) is 0 Å². The first kappa shape index (κ1) is 24.3. The fraction of sp³-hybridized carbons (Fsp3) is 0.571. The van der Waals surface area contributed by atoms with Crippen LogP contribution in [0, 0.1) is 0 Å². The highest BCUT2D eigenvalue weighted by molar-refractivity contribution is 7.85. The van der Waals surface area contributed by atoms with Crippen LogP contribution in [0.5, 0.6) is 0 Å². The lowest BCUT2D eigenvalue weighted by atomic mass is 10.7. The lowest BCUT2D eigenvalue weighted by molar-refractivity contribution is -0.131. The van der Waals surface area contributed by atoms with Crippen LogP contribution in [0.15, 0.2) is 12.7 Å². The van der Waals surface area contributed by atoms with E-state index in [2.05, 4.69) is 6.58 Å². The van der Waals surface area contributed by atoms with Crippen molar-refractivity contribution >= 4 is 16.1 Å². The van der Waals surface area contributed by atoms with Crippen LogP contribution in [0.2, 0.25) is 0 Å². The minimum Gasteiger partial charge on any atom is -0.478 e. The van der Waals surface area contributed by atoms with E-state index < -0.39 is 16.1 Å². The summed E-state index contributed by atoms with van der Waals surface area (Å²) in [5, 5.41) is 7.60. The summed E-state index contributed by atoms with van der Waals surface area (Å²) < 4.78 is 28.3. The fourth-order valence-corrected chi connectivity index (χ4v) is 0.894. The van der Waals surface area contributed by atoms with Gasteiger partial charge < -0.3 is 22.3 Å². The summed E-state index contributed by atoms with van der Waals surface area (Å²) in [6, 6.07) is 0. The molecular formula is C7H21N3O5S. The molecule has 100 valence electrons. The van der Waals surface area contributed by atoms with Gasteiger partial charge in [0.2, 0.25) is 0 Å². The summed E-state index contributed by atoms with van der Waals surface area (Å²) in [5.41, 5.74) is 0. The molecule has 0 rings (SSSR count). The zero-order valence-corrected chi connectivity index (χ0v) is 10.4. The summed E-state index contributed by atoms with van der Waals surface area (Å²) in [6.07, 6.45) is 0.833. The molecule has 0 aromatic rings. The summed E-state index contributed by atoms with van der Waals surface area (Å²) in [5.74, 6) is -1.18. The van der Waals surface area contributed by atoms with Crippen LogP contribution in [0.3, 0.4) is 0 Å². The van der Waals surface area contributed by atoms with Crippen LogP contribution >= 0.6 is 0 Å². The smallest absolute Gasteiger partial charge is 0.327 e. The minimum absolute atomic E-state index is 0. The predicted molar refractivity (Wildman–Crippen MR) is 62.8 cm³/mol. The number of rotatable bonds is 4. The first-order chi connectivity index (χ1) is 6.19. The van der Waals surface area contributed by atoms with Gasteiger partial charge in [-0.05, 0) is 14.1 Å². The van der Waals surface area contributed by atoms with Crippen molar-refractivity contribution in [3.63, 3.8) is 0 Å². The molecule has 0 spiro atoms. The number of hydrogen-bond acceptors (Lipinski definition) is 6. The Morgan fingerprint density at radius 2 is 1.69 bits per heavy atom. The van der Waals surface area contributed by atoms with Crippen molar-refractivity contribution in [2.24, 2.45) is 0 Å². The van der Waals surface area contributed by atoms with Gasteiger partial charge >= 0.3 is 5.97 Å². The molecule has 0 aliphatic rings. The minimum atomic E-state index is -3.76. The highest BCUT2D eigenvalue weighted by Crippen LogP contribution is 1.82. The molecule has 16 heavy (non-hydrogen) atoms. The Balaban J connectivity index is -0.0000000904. The van der Waals surface area contributed by atoms with Gasteiger partial charge in [-0.3, -0.25) is 4.55 Å². The fourth-order valence-electron chi connectivity index (χ4n) is 0.298. The van der Waals surface area contributed by atoms with Crippen molar-refractivity contribution in [1.29, 1.82) is 0 Å². The first-order valence-corrected chi connectivity index (χ1v) is 5.25. The number of hydrogen-bond donors (Lipinski definition) is 4. The van der Waals surface area contributed by atoms with E-state index in [1.54, 1.807) is 19.0 Å². The molecule has 0 radical (unpaired) electrons. The van der Waals surface area contributed by atoms with E-state index in [-0.39, 0.29) is 18.1 Å². The third kappa shape index (κ3) is 38.2. The second-order valence-electron chi connectivity index (χ2n) is 2.63. The predicted octanol–water partition coefficient (Wildman–Crippen LogP) is 0.0168. The van der Waals surface area contributed by atoms with Crippen LogP contribution in [-0.4, -0.2) is 55.3 Å². The van der Waals surface area contributed by atoms with Crippen LogP contribution in [-0.2, 0) is 14.9 Å². The lowest BCUT2D eigenvalue weighted by Crippen LogP contribution is -2.21. The molecule has 0 aromatic carbocycles. The third-order valence-corrected chi connectivity index (χ3v) is 1.67. The molecule has 0 unspecified atom stereocenters. The molecule has 0 aliphatic carbocycles. The van der Waals surface area contributed by atoms with Gasteiger partial charge in [0.15, 0.2) is 0 Å². The SMILES string of the molecule is C=CC(=O)O.CN(C)CCS(=O)(=O)O.N.N. The highest BCUT2D eigenvalue weighted by atomic mass is 32.2. The average Bonchev–Trinajstić information content (AvgIpc) is 2.01. The van der Waals surface area contributed by atoms with E-state index in [0.29, 0.717) is 6.54 Å². The highest BCUT2D eigenvalue weighted by Gasteiger charge is 2.03. The summed E-state index contributed by atoms with van der Waals surface area (Å²) in [6.45, 7) is 3.32. The number of carbonyl (C=O) groups is 1. The molecule has 0 heterocycles. The molecule has 8 N–H and O–H groups in total. The molecule has 0 saturated heterocycles. The van der Waals surface area contributed by atoms with E-state index in [4.69, 9.17) is 9.66 Å². The van der Waals surface area contributed by atoms with Crippen molar-refractivity contribution in [2.45, 2.75) is 0 Å². The van der Waals surface area contributed by atoms with Crippen LogP contribution < -0.4 is 12.3 Å². The van der Waals surface area contributed by atoms with Crippen molar-refractivity contribution in [1.82, 2.24) is 17.2 Å². The largest absolute Gasteiger partial charge is 0.478 e. The molecular weight excluding hydrogens is 238 g/mol. The molecule has 0 fully saturated rings. The van der Waals surface area contributed by atoms with Gasteiger partial charge in [-0.2, -0.15) is 8.42 Å². The second kappa shape index (κ2) is 12.1. The Labute approximate surface area is 95.9 Å². The second-order valence-corrected chi connectivity index (χ2v) is 4.20. The summed E-state index contributed by atoms with van der Waals surface area (Å²) in [4.78, 5) is 10.9. The molecule has 9 heteroatoms. The Kier molecular flexibility index (Phi) is 18.3. The van der Waals surface area contributed by atoms with E-state index in [1.165, 1.54) is 0 Å². The van der Waals surface area contributed by atoms with Gasteiger partial charge in [0.25, 0.3) is 10.1 Å². The zero-order chi connectivity index (χ0) is 11.8. The Bertz CT molecular complexity index is 276. The molecule has 0 aromatic heterocycles.